The number of nitrogens with one attached hydrogen (secondary N) is 1. The zero-order valence-corrected chi connectivity index (χ0v) is 29.4. The van der Waals surface area contributed by atoms with E-state index < -0.39 is 12.1 Å². The highest BCUT2D eigenvalue weighted by Gasteiger charge is 2.17. The molecule has 0 heterocycles. The highest BCUT2D eigenvalue weighted by atomic mass is 16.3. The molecule has 258 valence electrons. The average molecular weight is 618 g/mol. The molecule has 0 aromatic carbocycles. The lowest BCUT2D eigenvalue weighted by atomic mass is 10.0. The smallest absolute Gasteiger partial charge is 0.220 e. The minimum Gasteiger partial charge on any atom is -0.394 e. The molecule has 0 aliphatic heterocycles. The molecule has 2 atom stereocenters. The van der Waals surface area contributed by atoms with Gasteiger partial charge in [0.05, 0.1) is 18.8 Å². The van der Waals surface area contributed by atoms with Gasteiger partial charge >= 0.3 is 0 Å². The first-order valence-corrected chi connectivity index (χ1v) is 19.2. The van der Waals surface area contributed by atoms with Gasteiger partial charge in [0.1, 0.15) is 0 Å². The number of carbonyl (C=O) groups excluding carboxylic acids is 1. The number of hydrogen-bond acceptors (Lipinski definition) is 3. The van der Waals surface area contributed by atoms with E-state index in [9.17, 15) is 15.0 Å². The van der Waals surface area contributed by atoms with Crippen molar-refractivity contribution >= 4 is 5.91 Å². The summed E-state index contributed by atoms with van der Waals surface area (Å²) >= 11 is 0. The van der Waals surface area contributed by atoms with E-state index in [4.69, 9.17) is 0 Å². The molecule has 0 rings (SSSR count). The summed E-state index contributed by atoms with van der Waals surface area (Å²) in [6.45, 7) is 4.27. The number of rotatable bonds is 34. The molecule has 0 bridgehead atoms. The molecular weight excluding hydrogens is 542 g/mol. The molecule has 0 saturated carbocycles. The van der Waals surface area contributed by atoms with Gasteiger partial charge in [-0.2, -0.15) is 0 Å². The zero-order valence-electron chi connectivity index (χ0n) is 29.4. The van der Waals surface area contributed by atoms with Crippen LogP contribution in [0.3, 0.4) is 0 Å². The number of amides is 1. The van der Waals surface area contributed by atoms with Crippen LogP contribution in [-0.4, -0.2) is 34.9 Å². The maximum atomic E-state index is 12.3. The van der Waals surface area contributed by atoms with Gasteiger partial charge in [-0.05, 0) is 57.8 Å². The van der Waals surface area contributed by atoms with Crippen LogP contribution in [0.5, 0.6) is 0 Å². The van der Waals surface area contributed by atoms with Crippen LogP contribution in [0.4, 0.5) is 0 Å². The van der Waals surface area contributed by atoms with Crippen molar-refractivity contribution in [1.29, 1.82) is 0 Å². The van der Waals surface area contributed by atoms with Crippen LogP contribution in [0.2, 0.25) is 0 Å². The van der Waals surface area contributed by atoms with Crippen molar-refractivity contribution in [2.24, 2.45) is 0 Å². The second-order valence-electron chi connectivity index (χ2n) is 13.0. The fraction of sp³-hybridized carbons (Fsp3) is 0.825. The Labute approximate surface area is 274 Å². The Morgan fingerprint density at radius 1 is 0.523 bits per heavy atom. The molecule has 0 aliphatic rings. The highest BCUT2D eigenvalue weighted by Crippen LogP contribution is 2.13. The number of aliphatic hydroxyl groups excluding tert-OH is 2. The van der Waals surface area contributed by atoms with Gasteiger partial charge in [-0.1, -0.05) is 166 Å². The predicted molar refractivity (Wildman–Crippen MR) is 193 cm³/mol. The van der Waals surface area contributed by atoms with Gasteiger partial charge in [0.15, 0.2) is 0 Å². The van der Waals surface area contributed by atoms with Gasteiger partial charge in [0.25, 0.3) is 0 Å². The molecule has 0 saturated heterocycles. The number of carbonyl (C=O) groups is 1. The Kier molecular flexibility index (Phi) is 34.9. The summed E-state index contributed by atoms with van der Waals surface area (Å²) in [5.74, 6) is -0.0842. The largest absolute Gasteiger partial charge is 0.394 e. The lowest BCUT2D eigenvalue weighted by molar-refractivity contribution is -0.123. The van der Waals surface area contributed by atoms with Crippen molar-refractivity contribution in [3.63, 3.8) is 0 Å². The van der Waals surface area contributed by atoms with E-state index in [-0.39, 0.29) is 12.5 Å². The molecule has 3 N–H and O–H groups in total. The molecule has 4 nitrogen and oxygen atoms in total. The Bertz CT molecular complexity index is 672. The zero-order chi connectivity index (χ0) is 32.2. The Morgan fingerprint density at radius 3 is 1.32 bits per heavy atom. The van der Waals surface area contributed by atoms with E-state index >= 15 is 0 Å². The number of unbranched alkanes of at least 4 members (excludes halogenated alkanes) is 23. The molecule has 4 heteroatoms. The minimum atomic E-state index is -0.863. The van der Waals surface area contributed by atoms with Crippen LogP contribution >= 0.6 is 0 Å². The van der Waals surface area contributed by atoms with E-state index in [2.05, 4.69) is 43.5 Å². The molecule has 44 heavy (non-hydrogen) atoms. The van der Waals surface area contributed by atoms with Gasteiger partial charge in [-0.15, -0.1) is 0 Å². The first-order chi connectivity index (χ1) is 21.7. The summed E-state index contributed by atoms with van der Waals surface area (Å²) in [7, 11) is 0. The molecule has 2 unspecified atom stereocenters. The van der Waals surface area contributed by atoms with Crippen LogP contribution in [0.25, 0.3) is 0 Å². The second kappa shape index (κ2) is 36.1. The van der Waals surface area contributed by atoms with E-state index in [1.165, 1.54) is 128 Å². The lowest BCUT2D eigenvalue weighted by Crippen LogP contribution is -2.45. The summed E-state index contributed by atoms with van der Waals surface area (Å²) in [6, 6.07) is -0.640. The Morgan fingerprint density at radius 2 is 0.886 bits per heavy atom. The third-order valence-corrected chi connectivity index (χ3v) is 8.60. The molecule has 0 fully saturated rings. The summed E-state index contributed by atoms with van der Waals surface area (Å²) < 4.78 is 0. The summed E-state index contributed by atoms with van der Waals surface area (Å²) in [6.07, 6.45) is 46.6. The fourth-order valence-electron chi connectivity index (χ4n) is 5.60. The van der Waals surface area contributed by atoms with Crippen molar-refractivity contribution in [3.8, 4) is 0 Å². The van der Waals surface area contributed by atoms with Gasteiger partial charge in [0, 0.05) is 6.42 Å². The maximum absolute atomic E-state index is 12.3. The first-order valence-electron chi connectivity index (χ1n) is 19.2. The van der Waals surface area contributed by atoms with Crippen LogP contribution in [0.15, 0.2) is 36.5 Å². The molecule has 1 amide bonds. The third kappa shape index (κ3) is 32.0. The first kappa shape index (κ1) is 42.6. The van der Waals surface area contributed by atoms with Crippen LogP contribution in [0.1, 0.15) is 194 Å². The van der Waals surface area contributed by atoms with E-state index in [1.54, 1.807) is 6.08 Å². The standard InChI is InChI=1S/C40H75NO3/c1-3-5-7-9-11-13-15-17-19-20-21-22-23-25-27-29-31-33-35-39(43)38(37-42)41-40(44)36-34-32-30-28-26-24-18-16-14-12-10-8-6-4-2/h16,18,25,27,33,35,38-39,42-43H,3-15,17,19-24,26,28-32,34,36-37H2,1-2H3,(H,41,44)/b18-16-,27-25+,35-33+. The predicted octanol–water partition coefficient (Wildman–Crippen LogP) is 11.5. The number of aliphatic hydroxyl groups is 2. The molecular formula is C40H75NO3. The maximum Gasteiger partial charge on any atom is 0.220 e. The van der Waals surface area contributed by atoms with Crippen molar-refractivity contribution in [1.82, 2.24) is 5.32 Å². The lowest BCUT2D eigenvalue weighted by Gasteiger charge is -2.19. The van der Waals surface area contributed by atoms with Crippen molar-refractivity contribution in [3.05, 3.63) is 36.5 Å². The van der Waals surface area contributed by atoms with Crippen LogP contribution in [-0.2, 0) is 4.79 Å². The summed E-state index contributed by atoms with van der Waals surface area (Å²) in [5, 5.41) is 22.9. The summed E-state index contributed by atoms with van der Waals surface area (Å²) in [4.78, 5) is 12.3. The second-order valence-corrected chi connectivity index (χ2v) is 13.0. The Balaban J connectivity index is 3.67. The normalized spacial score (nSPS) is 13.5. The quantitative estimate of drug-likeness (QED) is 0.0497. The van der Waals surface area contributed by atoms with Crippen LogP contribution < -0.4 is 5.32 Å². The van der Waals surface area contributed by atoms with Gasteiger partial charge < -0.3 is 15.5 Å². The van der Waals surface area contributed by atoms with Crippen molar-refractivity contribution in [2.45, 2.75) is 206 Å². The topological polar surface area (TPSA) is 69.6 Å². The summed E-state index contributed by atoms with van der Waals surface area (Å²) in [5.41, 5.74) is 0. The Hall–Kier alpha value is -1.39. The van der Waals surface area contributed by atoms with Crippen molar-refractivity contribution in [2.75, 3.05) is 6.61 Å². The minimum absolute atomic E-state index is 0.0842. The van der Waals surface area contributed by atoms with E-state index in [1.807, 2.05) is 6.08 Å². The van der Waals surface area contributed by atoms with Gasteiger partial charge in [0.2, 0.25) is 5.91 Å². The van der Waals surface area contributed by atoms with Crippen LogP contribution in [0, 0.1) is 0 Å². The van der Waals surface area contributed by atoms with Gasteiger partial charge in [-0.3, -0.25) is 4.79 Å². The van der Waals surface area contributed by atoms with E-state index in [0.717, 1.165) is 44.9 Å². The molecule has 0 spiro atoms. The van der Waals surface area contributed by atoms with Gasteiger partial charge in [-0.25, -0.2) is 0 Å². The molecule has 0 aromatic rings. The molecule has 0 radical (unpaired) electrons. The molecule has 0 aliphatic carbocycles. The number of hydrogen-bond donors (Lipinski definition) is 3. The molecule has 0 aromatic heterocycles. The third-order valence-electron chi connectivity index (χ3n) is 8.60. The average Bonchev–Trinajstić information content (AvgIpc) is 3.03. The SMILES string of the molecule is CCCCCCC/C=C\CCCCCCCC(=O)NC(CO)C(O)/C=C/CC/C=C/CCCCCCCCCCCCCC. The monoisotopic (exact) mass is 618 g/mol. The highest BCUT2D eigenvalue weighted by molar-refractivity contribution is 5.76. The fourth-order valence-corrected chi connectivity index (χ4v) is 5.60. The number of allylic oxidation sites excluding steroid dienone is 5. The van der Waals surface area contributed by atoms with Crippen molar-refractivity contribution < 1.29 is 15.0 Å². The van der Waals surface area contributed by atoms with E-state index in [0.29, 0.717) is 6.42 Å².